The number of nitrogens with zero attached hydrogens (tertiary/aromatic N) is 2. The Kier molecular flexibility index (Phi) is 20.2. The van der Waals surface area contributed by atoms with Gasteiger partial charge in [-0.2, -0.15) is 0 Å². The molecule has 0 aromatic heterocycles. The van der Waals surface area contributed by atoms with Crippen LogP contribution in [0, 0.1) is 0 Å². The van der Waals surface area contributed by atoms with Crippen LogP contribution in [0.4, 0.5) is 0 Å². The number of allylic oxidation sites excluding steroid dienone is 2. The molecule has 0 amide bonds. The smallest absolute Gasteiger partial charge is 0.303 e. The molecule has 3 heteroatoms. The Labute approximate surface area is 259 Å². The summed E-state index contributed by atoms with van der Waals surface area (Å²) in [6.45, 7) is 9.01. The maximum atomic E-state index is 9.60. The van der Waals surface area contributed by atoms with Crippen molar-refractivity contribution in [3.63, 3.8) is 0 Å². The molecule has 0 fully saturated rings. The number of aryl methyl sites for hydroxylation is 2. The zero-order valence-electron chi connectivity index (χ0n) is 27.9. The molecule has 2 aromatic rings. The van der Waals surface area contributed by atoms with Crippen molar-refractivity contribution < 1.29 is 24.1 Å². The Morgan fingerprint density at radius 3 is 1.60 bits per heavy atom. The van der Waals surface area contributed by atoms with E-state index < -0.39 is 0 Å². The molecule has 0 N–H and O–H groups in total. The van der Waals surface area contributed by atoms with E-state index in [0.29, 0.717) is 0 Å². The Hall–Kier alpha value is -2.17. The molecule has 0 saturated heterocycles. The molecule has 0 bridgehead atoms. The third kappa shape index (κ3) is 13.0. The number of hydrogen-bond acceptors (Lipinski definition) is 0. The van der Waals surface area contributed by atoms with Crippen molar-refractivity contribution in [1.29, 1.82) is 0 Å². The average Bonchev–Trinajstić information content (AvgIpc) is 2.96. The van der Waals surface area contributed by atoms with Gasteiger partial charge >= 0.3 is 5.87 Å². The summed E-state index contributed by atoms with van der Waals surface area (Å²) in [6.07, 6.45) is 20.1. The van der Waals surface area contributed by atoms with Crippen LogP contribution in [0.3, 0.4) is 0 Å². The van der Waals surface area contributed by atoms with Crippen molar-refractivity contribution in [2.45, 2.75) is 137 Å². The molecular weight excluding hydrogens is 531 g/mol. The maximum absolute atomic E-state index is 9.60. The van der Waals surface area contributed by atoms with Gasteiger partial charge in [-0.05, 0) is 84.8 Å². The second-order valence-corrected chi connectivity index (χ2v) is 11.1. The number of unbranched alkanes of at least 4 members (excludes halogenated alkanes) is 9. The second kappa shape index (κ2) is 22.5. The third-order valence-electron chi connectivity index (χ3n) is 7.78. The van der Waals surface area contributed by atoms with Crippen molar-refractivity contribution in [2.24, 2.45) is 0 Å². The van der Waals surface area contributed by atoms with Crippen molar-refractivity contribution in [3.8, 4) is 0 Å². The fourth-order valence-corrected chi connectivity index (χ4v) is 5.35. The van der Waals surface area contributed by atoms with E-state index in [9.17, 15) is 5.53 Å². The normalized spacial score (nSPS) is 11.3. The van der Waals surface area contributed by atoms with Gasteiger partial charge in [0.2, 0.25) is 0 Å². The van der Waals surface area contributed by atoms with E-state index >= 15 is 0 Å². The summed E-state index contributed by atoms with van der Waals surface area (Å²) in [5.41, 5.74) is 18.6. The van der Waals surface area contributed by atoms with E-state index in [2.05, 4.69) is 86.9 Å². The molecule has 0 atom stereocenters. The molecule has 0 unspecified atom stereocenters. The zero-order chi connectivity index (χ0) is 28.1. The van der Waals surface area contributed by atoms with Crippen LogP contribution in [0.15, 0.2) is 59.7 Å². The summed E-state index contributed by atoms with van der Waals surface area (Å²) in [4.78, 5) is 3.43. The number of hydrogen-bond donors (Lipinski definition) is 0. The van der Waals surface area contributed by atoms with Gasteiger partial charge in [0.1, 0.15) is 0 Å². The first-order valence-corrected chi connectivity index (χ1v) is 16.1. The Bertz CT molecular complexity index is 1060. The first kappa shape index (κ1) is 35.9. The summed E-state index contributed by atoms with van der Waals surface area (Å²) in [7, 11) is 0. The van der Waals surface area contributed by atoms with Crippen LogP contribution >= 0.6 is 0 Å². The molecule has 2 nitrogen and oxygen atoms in total. The minimum absolute atomic E-state index is 0. The first-order chi connectivity index (χ1) is 19.2. The quantitative estimate of drug-likeness (QED) is 0.0369. The number of benzene rings is 2. The minimum atomic E-state index is 0. The zero-order valence-corrected chi connectivity index (χ0v) is 26.8. The van der Waals surface area contributed by atoms with Crippen LogP contribution < -0.4 is 0 Å². The molecule has 0 aliphatic carbocycles. The topological polar surface area (TPSA) is 36.4 Å². The average molecular weight is 588 g/mol. The van der Waals surface area contributed by atoms with Crippen molar-refractivity contribution in [3.05, 3.63) is 87.5 Å². The van der Waals surface area contributed by atoms with E-state index in [1.165, 1.54) is 97.6 Å². The summed E-state index contributed by atoms with van der Waals surface area (Å²) >= 11 is 0. The maximum Gasteiger partial charge on any atom is 0.303 e. The van der Waals surface area contributed by atoms with E-state index in [1.807, 2.05) is 0 Å². The van der Waals surface area contributed by atoms with Gasteiger partial charge in [-0.25, -0.2) is 0 Å². The molecular formula is C37H56N2Ni-2. The van der Waals surface area contributed by atoms with Gasteiger partial charge in [0.15, 0.2) is 0 Å². The number of rotatable bonds is 20. The summed E-state index contributed by atoms with van der Waals surface area (Å²) in [5.74, 6) is 3.02. The van der Waals surface area contributed by atoms with Crippen molar-refractivity contribution in [1.82, 2.24) is 0 Å². The van der Waals surface area contributed by atoms with E-state index in [-0.39, 0.29) is 19.3 Å². The minimum Gasteiger partial charge on any atom is -1.00 e. The Morgan fingerprint density at radius 1 is 0.600 bits per heavy atom. The molecule has 0 aliphatic heterocycles. The van der Waals surface area contributed by atoms with Crippen LogP contribution in [0.5, 0.6) is 0 Å². The predicted molar refractivity (Wildman–Crippen MR) is 173 cm³/mol. The summed E-state index contributed by atoms with van der Waals surface area (Å²) in [5, 5.41) is 0. The van der Waals surface area contributed by atoms with E-state index in [1.54, 1.807) is 0 Å². The standard InChI is InChI=1S/C37H54N2.Ni.2H/c1-5-9-13-14-15-17-21-36(35(30-39-38)20-12-8-4)37(33-26-22-31(23-27-33)18-11-7-3)34-28-24-32(25-29-34)19-16-10-6-2;;;/h22-29H,5-21H2,1-4H3;;;/q;;2*-1. The van der Waals surface area contributed by atoms with E-state index in [4.69, 9.17) is 0 Å². The molecule has 0 aliphatic rings. The van der Waals surface area contributed by atoms with Gasteiger partial charge in [-0.1, -0.05) is 134 Å². The molecule has 0 spiro atoms. The summed E-state index contributed by atoms with van der Waals surface area (Å²) < 4.78 is 0. The molecule has 0 heterocycles. The van der Waals surface area contributed by atoms with Gasteiger partial charge < -0.3 is 8.38 Å². The van der Waals surface area contributed by atoms with Crippen LogP contribution in [0.1, 0.15) is 149 Å². The van der Waals surface area contributed by atoms with Gasteiger partial charge in [0.05, 0.1) is 5.57 Å². The van der Waals surface area contributed by atoms with Crippen molar-refractivity contribution in [2.75, 3.05) is 0 Å². The Morgan fingerprint density at radius 2 is 1.07 bits per heavy atom. The van der Waals surface area contributed by atoms with Gasteiger partial charge in [0, 0.05) is 16.5 Å². The molecule has 226 valence electrons. The van der Waals surface area contributed by atoms with Crippen LogP contribution in [0.2, 0.25) is 0 Å². The predicted octanol–water partition coefficient (Wildman–Crippen LogP) is 11.6. The van der Waals surface area contributed by atoms with Gasteiger partial charge in [-0.15, -0.1) is 4.79 Å². The van der Waals surface area contributed by atoms with Crippen LogP contribution in [0.25, 0.3) is 11.1 Å². The fraction of sp³-hybridized carbons (Fsp3) is 0.568. The van der Waals surface area contributed by atoms with E-state index in [0.717, 1.165) is 50.5 Å². The SMILES string of the molecule is CCCCCCCCC(C(=C=[N+]=[N-])CCCC)=C(c1ccc(CCCC)cc1)c1ccc(CCCCC)cc1.[H-].[H-].[Ni]. The largest absolute Gasteiger partial charge is 1.00 e. The summed E-state index contributed by atoms with van der Waals surface area (Å²) in [6, 6.07) is 18.5. The first-order valence-electron chi connectivity index (χ1n) is 16.1. The van der Waals surface area contributed by atoms with Gasteiger partial charge in [0.25, 0.3) is 0 Å². The molecule has 2 rings (SSSR count). The van der Waals surface area contributed by atoms with Crippen LogP contribution in [-0.2, 0) is 29.3 Å². The van der Waals surface area contributed by atoms with Gasteiger partial charge in [-0.3, -0.25) is 0 Å². The molecule has 0 radical (unpaired) electrons. The molecule has 40 heavy (non-hydrogen) atoms. The Balaban J connectivity index is 0. The molecule has 2 aromatic carbocycles. The van der Waals surface area contributed by atoms with Crippen molar-refractivity contribution >= 4 is 11.4 Å². The second-order valence-electron chi connectivity index (χ2n) is 11.1. The fourth-order valence-electron chi connectivity index (χ4n) is 5.35. The van der Waals surface area contributed by atoms with Crippen LogP contribution in [-0.4, -0.2) is 10.7 Å². The monoisotopic (exact) mass is 586 g/mol. The third-order valence-corrected chi connectivity index (χ3v) is 7.78. The molecule has 0 saturated carbocycles.